The molecule has 37 heteroatoms. The van der Waals surface area contributed by atoms with Crippen molar-refractivity contribution in [2.24, 2.45) is 0 Å². The van der Waals surface area contributed by atoms with Crippen molar-refractivity contribution in [2.75, 3.05) is 139 Å². The lowest BCUT2D eigenvalue weighted by Gasteiger charge is -2.38. The van der Waals surface area contributed by atoms with Crippen LogP contribution >= 0.6 is 13.5 Å². The molecule has 0 aliphatic carbocycles. The fourth-order valence-electron chi connectivity index (χ4n) is 13.3. The van der Waals surface area contributed by atoms with Gasteiger partial charge >= 0.3 is 23.6 Å². The number of aliphatic carboxylic acids is 1. The fraction of sp³-hybridized carbons (Fsp3) is 0.550. The van der Waals surface area contributed by atoms with E-state index in [0.717, 1.165) is 47.1 Å². The van der Waals surface area contributed by atoms with Crippen LogP contribution in [0.25, 0.3) is 22.3 Å². The Balaban J connectivity index is 0.0000156. The van der Waals surface area contributed by atoms with Crippen LogP contribution in [0.15, 0.2) is 89.9 Å². The van der Waals surface area contributed by atoms with E-state index in [1.54, 1.807) is 54.1 Å². The smallest absolute Gasteiger partial charge is 0.343 e. The predicted molar refractivity (Wildman–Crippen MR) is 416 cm³/mol. The van der Waals surface area contributed by atoms with Gasteiger partial charge in [-0.05, 0) is 84.7 Å². The third-order valence-corrected chi connectivity index (χ3v) is 19.6. The van der Waals surface area contributed by atoms with Crippen LogP contribution in [0.4, 0.5) is 5.69 Å². The zero-order valence-corrected chi connectivity index (χ0v) is 66.5. The largest absolute Gasteiger partial charge is 0.489 e. The Labute approximate surface area is 680 Å². The van der Waals surface area contributed by atoms with Gasteiger partial charge in [0.25, 0.3) is 17.4 Å². The zero-order chi connectivity index (χ0) is 82.4. The van der Waals surface area contributed by atoms with Gasteiger partial charge in [0.2, 0.25) is 6.29 Å². The Morgan fingerprint density at radius 3 is 1.83 bits per heavy atom. The highest BCUT2D eigenvalue weighted by Crippen LogP contribution is 2.42. The molecule has 6 aromatic rings. The summed E-state index contributed by atoms with van der Waals surface area (Å²) in [5.74, 6) is -3.55. The molecule has 7 atom stereocenters. The molecule has 0 spiro atoms. The van der Waals surface area contributed by atoms with Crippen LogP contribution in [-0.4, -0.2) is 265 Å². The first-order valence-electron chi connectivity index (χ1n) is 38.9. The van der Waals surface area contributed by atoms with E-state index in [4.69, 9.17) is 76.0 Å². The van der Waals surface area contributed by atoms with Gasteiger partial charge in [-0.15, -0.1) is 5.10 Å². The number of aliphatic hydroxyl groups is 4. The normalized spacial score (nSPS) is 18.3. The number of aliphatic hydroxyl groups excluding tert-OH is 3. The average Bonchev–Trinajstić information content (AvgIpc) is 1.58. The van der Waals surface area contributed by atoms with Gasteiger partial charge < -0.3 is 101 Å². The molecule has 7 heterocycles. The molecular formula is C80H103N7O29S. The number of nitro groups is 1. The van der Waals surface area contributed by atoms with Crippen molar-refractivity contribution in [3.8, 4) is 22.9 Å². The van der Waals surface area contributed by atoms with E-state index >= 15 is 0 Å². The monoisotopic (exact) mass is 1660 g/mol. The average molecular weight is 1660 g/mol. The predicted octanol–water partition coefficient (Wildman–Crippen LogP) is 4.17. The maximum absolute atomic E-state index is 13.9. The number of imide groups is 1. The Bertz CT molecular complexity index is 4350. The first kappa shape index (κ1) is 91.8. The number of aromatic nitrogens is 5. The number of nitro benzene ring substituents is 1. The lowest BCUT2D eigenvalue weighted by Crippen LogP contribution is -2.61. The van der Waals surface area contributed by atoms with Gasteiger partial charge in [-0.25, -0.2) is 19.3 Å². The third-order valence-electron chi connectivity index (χ3n) is 19.6. The van der Waals surface area contributed by atoms with Crippen molar-refractivity contribution < 1.29 is 130 Å². The molecule has 0 unspecified atom stereocenters. The second-order valence-electron chi connectivity index (χ2n) is 27.6. The molecule has 0 radical (unpaired) electrons. The molecule has 0 saturated carbocycles. The summed E-state index contributed by atoms with van der Waals surface area (Å²) in [5.41, 5.74) is 2.80. The molecule has 1 fully saturated rings. The second-order valence-corrected chi connectivity index (χ2v) is 27.6. The van der Waals surface area contributed by atoms with E-state index < -0.39 is 76.7 Å². The number of hydrogen-bond donors (Lipinski definition) is 5. The van der Waals surface area contributed by atoms with E-state index in [-0.39, 0.29) is 119 Å². The minimum absolute atomic E-state index is 0. The Hall–Kier alpha value is -9.13. The minimum Gasteiger partial charge on any atom is -0.489 e. The number of nitrogens with zero attached hydrogens (tertiary/aromatic N) is 7. The van der Waals surface area contributed by atoms with Crippen LogP contribution in [-0.2, 0) is 142 Å². The highest BCUT2D eigenvalue weighted by atomic mass is 32.1. The maximum Gasteiger partial charge on any atom is 0.343 e. The minimum atomic E-state index is -2.05. The van der Waals surface area contributed by atoms with Crippen LogP contribution in [0.1, 0.15) is 110 Å². The molecule has 3 aromatic heterocycles. The summed E-state index contributed by atoms with van der Waals surface area (Å²) in [6, 6.07) is 17.8. The fourth-order valence-corrected chi connectivity index (χ4v) is 13.3. The van der Waals surface area contributed by atoms with Gasteiger partial charge in [0.05, 0.1) is 178 Å². The number of benzene rings is 3. The van der Waals surface area contributed by atoms with Gasteiger partial charge in [0.1, 0.15) is 49.2 Å². The molecule has 4 aliphatic rings. The van der Waals surface area contributed by atoms with Crippen LogP contribution in [0.3, 0.4) is 0 Å². The second kappa shape index (κ2) is 46.9. The Morgan fingerprint density at radius 2 is 1.25 bits per heavy atom. The molecule has 638 valence electrons. The van der Waals surface area contributed by atoms with Crippen molar-refractivity contribution >= 4 is 65.6 Å². The summed E-state index contributed by atoms with van der Waals surface area (Å²) in [5, 5.41) is 74.1. The summed E-state index contributed by atoms with van der Waals surface area (Å²) in [4.78, 5) is 106. The standard InChI is InChI=1S/C80H101N7O29.H2S/c1-3-58-59-46-57(16-17-63(59)81-71-60(58)49-86-65(71)47-62-61(76(86)95)51-113-79(98)80(62,99)4-2)112-50-53-13-11-52(12-14-53)43-70(91)114-67(54-15-18-66(64(44-54)87(100)101)115-78-74(94)72(92)73(93)75(116-78)77(96)97)45-55-48-84(83-82-55)22-24-103-26-28-105-30-32-107-34-36-109-38-40-111-42-41-110-39-37-108-35-33-106-31-29-104-27-25-102-23-8-10-56(88)9-6-5-7-21-85-68(89)19-20-69(85)90;/h11-20,44,46-48,67,72-75,78,92-94,99H,3-10,21-43,45,49-51H2,1-2H3,(H,96,97);1H2/t67-,72+,73+,74-,75+,78-,80-;/m0./s1. The number of carboxylic acids is 1. The number of ketones is 1. The lowest BCUT2D eigenvalue weighted by molar-refractivity contribution is -0.387. The van der Waals surface area contributed by atoms with Crippen LogP contribution in [0.2, 0.25) is 0 Å². The number of Topliss-reactive ketones (excluding diaryl/α,β-unsaturated/α-hetero) is 1. The van der Waals surface area contributed by atoms with Crippen molar-refractivity contribution in [1.82, 2.24) is 29.4 Å². The number of cyclic esters (lactones) is 1. The number of ether oxygens (including phenoxy) is 15. The molecular weight excluding hydrogens is 1550 g/mol. The number of carbonyl (C=O) groups excluding carboxylic acids is 5. The number of pyridine rings is 2. The topological polar surface area (TPSA) is 454 Å². The number of unbranched alkanes of at least 4 members (excludes halogenated alkanes) is 2. The number of aryl methyl sites for hydroxylation is 1. The van der Waals surface area contributed by atoms with Crippen LogP contribution in [0.5, 0.6) is 11.5 Å². The van der Waals surface area contributed by atoms with E-state index in [0.29, 0.717) is 185 Å². The SMILES string of the molecule is CCc1c2c(nc3ccc(OCc4ccc(CC(=O)O[C@@H](Cc5cn(CCOCCOCCOCCOCCOCCOCCOCCOCCOCCOCCCC(=O)CCCCCN6C(=O)C=CC6=O)nn5)c5ccc(O[C@H]6O[C@@H](C(=O)O)[C@H](O)[C@@H](O)[C@@H]6O)c([N+](=O)[O-])c5)cc4)cc13)-c1cc3c(c(=O)n1C2)COC(=O)[C@]3(O)CC.S. The van der Waals surface area contributed by atoms with Crippen molar-refractivity contribution in [3.05, 3.63) is 150 Å². The zero-order valence-electron chi connectivity index (χ0n) is 65.5. The number of carboxylic acid groups (broad SMARTS) is 1. The molecule has 36 nitrogen and oxygen atoms in total. The molecule has 3 aromatic carbocycles. The van der Waals surface area contributed by atoms with Crippen LogP contribution in [0, 0.1) is 10.1 Å². The molecule has 4 aliphatic heterocycles. The molecule has 10 rings (SSSR count). The summed E-state index contributed by atoms with van der Waals surface area (Å²) in [6.07, 6.45) is -3.16. The van der Waals surface area contributed by atoms with E-state index in [1.165, 1.54) is 27.8 Å². The van der Waals surface area contributed by atoms with Crippen LogP contribution < -0.4 is 15.0 Å². The first-order chi connectivity index (χ1) is 56.2. The van der Waals surface area contributed by atoms with E-state index in [9.17, 15) is 69.2 Å². The summed E-state index contributed by atoms with van der Waals surface area (Å²) >= 11 is 0. The number of carbonyl (C=O) groups is 6. The summed E-state index contributed by atoms with van der Waals surface area (Å²) < 4.78 is 87.2. The number of esters is 2. The molecule has 0 bridgehead atoms. The molecule has 5 N–H and O–H groups in total. The number of rotatable bonds is 55. The Kier molecular flexibility index (Phi) is 36.8. The molecule has 117 heavy (non-hydrogen) atoms. The number of fused-ring (bicyclic) bond motifs is 5. The highest BCUT2D eigenvalue weighted by Gasteiger charge is 2.49. The van der Waals surface area contributed by atoms with Gasteiger partial charge in [0, 0.05) is 73.3 Å². The van der Waals surface area contributed by atoms with Crippen molar-refractivity contribution in [3.63, 3.8) is 0 Å². The van der Waals surface area contributed by atoms with Crippen molar-refractivity contribution in [2.45, 2.75) is 147 Å². The molecule has 1 saturated heterocycles. The van der Waals surface area contributed by atoms with Gasteiger partial charge in [-0.2, -0.15) is 13.5 Å². The first-order valence-corrected chi connectivity index (χ1v) is 38.9. The highest BCUT2D eigenvalue weighted by molar-refractivity contribution is 7.59. The lowest BCUT2D eigenvalue weighted by atomic mass is 9.86. The molecule has 2 amide bonds. The van der Waals surface area contributed by atoms with Gasteiger partial charge in [-0.1, -0.05) is 55.8 Å². The van der Waals surface area contributed by atoms with Crippen molar-refractivity contribution in [1.29, 1.82) is 0 Å². The van der Waals surface area contributed by atoms with Gasteiger partial charge in [-0.3, -0.25) is 39.0 Å². The number of amides is 2. The Morgan fingerprint density at radius 1 is 0.667 bits per heavy atom. The van der Waals surface area contributed by atoms with Gasteiger partial charge in [0.15, 0.2) is 17.5 Å². The van der Waals surface area contributed by atoms with E-state index in [1.807, 2.05) is 19.1 Å². The van der Waals surface area contributed by atoms with E-state index in [2.05, 4.69) is 10.3 Å². The summed E-state index contributed by atoms with van der Waals surface area (Å²) in [7, 11) is 0. The quantitative estimate of drug-likeness (QED) is 0.0117. The summed E-state index contributed by atoms with van der Waals surface area (Å²) in [6.45, 7) is 12.1. The number of hydrogen-bond acceptors (Lipinski definition) is 31. The maximum atomic E-state index is 13.9. The third kappa shape index (κ3) is 26.2.